The fourth-order valence-corrected chi connectivity index (χ4v) is 3.67. The van der Waals surface area contributed by atoms with Crippen molar-refractivity contribution < 1.29 is 23.0 Å². The Morgan fingerprint density at radius 1 is 1.29 bits per heavy atom. The molecule has 0 aliphatic carbocycles. The van der Waals surface area contributed by atoms with Crippen molar-refractivity contribution >= 4 is 17.2 Å². The van der Waals surface area contributed by atoms with Crippen LogP contribution in [0, 0.1) is 5.92 Å². The summed E-state index contributed by atoms with van der Waals surface area (Å²) in [6.45, 7) is 3.80. The second-order valence-corrected chi connectivity index (χ2v) is 7.44. The fourth-order valence-electron chi connectivity index (χ4n) is 3.67. The van der Waals surface area contributed by atoms with Gasteiger partial charge in [0.15, 0.2) is 0 Å². The molecule has 9 heteroatoms. The summed E-state index contributed by atoms with van der Waals surface area (Å²) in [6.07, 6.45) is 3.81. The van der Waals surface area contributed by atoms with Gasteiger partial charge >= 0.3 is 0 Å². The van der Waals surface area contributed by atoms with E-state index < -0.39 is 18.0 Å². The van der Waals surface area contributed by atoms with E-state index in [4.69, 9.17) is 14.5 Å². The molecule has 1 saturated heterocycles. The number of pyridine rings is 2. The number of rotatable bonds is 7. The lowest BCUT2D eigenvalue weighted by Crippen LogP contribution is -2.17. The molecular weight excluding hydrogens is 406 g/mol. The Bertz CT molecular complexity index is 1060. The minimum absolute atomic E-state index is 0.0915. The molecule has 1 amide bonds. The number of halogens is 2. The summed E-state index contributed by atoms with van der Waals surface area (Å²) in [5, 5.41) is 2.72. The third-order valence-corrected chi connectivity index (χ3v) is 5.22. The molecule has 7 nitrogen and oxygen atoms in total. The molecule has 0 spiro atoms. The number of hydrogen-bond acceptors (Lipinski definition) is 5. The standard InChI is InChI=1S/C22H24F2N4O3/c1-2-31-19-11-20-25-15(10-14-6-8-30-9-7-14)12-28(20)13-18(19)27-22(29)17-5-3-4-16(26-17)21(23)24/h3-5,11-14,21H,2,6-10H2,1H3,(H,27,29). The lowest BCUT2D eigenvalue weighted by molar-refractivity contribution is 0.0663. The first kappa shape index (κ1) is 21.2. The third kappa shape index (κ3) is 4.99. The number of amides is 1. The van der Waals surface area contributed by atoms with Gasteiger partial charge in [0.1, 0.15) is 28.5 Å². The molecule has 3 aromatic heterocycles. The maximum Gasteiger partial charge on any atom is 0.280 e. The number of anilines is 1. The van der Waals surface area contributed by atoms with E-state index in [0.29, 0.717) is 29.6 Å². The maximum absolute atomic E-state index is 12.9. The lowest BCUT2D eigenvalue weighted by Gasteiger charge is -2.20. The molecule has 1 fully saturated rings. The molecule has 4 heterocycles. The van der Waals surface area contributed by atoms with Gasteiger partial charge in [-0.3, -0.25) is 4.79 Å². The van der Waals surface area contributed by atoms with Crippen molar-refractivity contribution in [2.24, 2.45) is 5.92 Å². The molecule has 0 aromatic carbocycles. The number of nitrogens with one attached hydrogen (secondary N) is 1. The summed E-state index contributed by atoms with van der Waals surface area (Å²) in [7, 11) is 0. The smallest absolute Gasteiger partial charge is 0.280 e. The Hall–Kier alpha value is -3.07. The van der Waals surface area contributed by atoms with Gasteiger partial charge in [-0.05, 0) is 44.2 Å². The van der Waals surface area contributed by atoms with E-state index in [1.807, 2.05) is 17.5 Å². The van der Waals surface area contributed by atoms with E-state index in [1.165, 1.54) is 18.2 Å². The van der Waals surface area contributed by atoms with Crippen molar-refractivity contribution in [2.75, 3.05) is 25.1 Å². The number of hydrogen-bond donors (Lipinski definition) is 1. The van der Waals surface area contributed by atoms with Crippen molar-refractivity contribution in [2.45, 2.75) is 32.6 Å². The molecular formula is C22H24F2N4O3. The topological polar surface area (TPSA) is 77.8 Å². The van der Waals surface area contributed by atoms with E-state index in [-0.39, 0.29) is 5.69 Å². The highest BCUT2D eigenvalue weighted by molar-refractivity contribution is 6.03. The predicted molar refractivity (Wildman–Crippen MR) is 111 cm³/mol. The molecule has 31 heavy (non-hydrogen) atoms. The molecule has 0 radical (unpaired) electrons. The van der Waals surface area contributed by atoms with Gasteiger partial charge in [0.25, 0.3) is 12.3 Å². The van der Waals surface area contributed by atoms with E-state index in [0.717, 1.165) is 38.2 Å². The number of ether oxygens (including phenoxy) is 2. The number of fused-ring (bicyclic) bond motifs is 1. The van der Waals surface area contributed by atoms with Crippen molar-refractivity contribution in [3.8, 4) is 5.75 Å². The molecule has 164 valence electrons. The van der Waals surface area contributed by atoms with Crippen molar-refractivity contribution in [3.63, 3.8) is 0 Å². The number of carbonyl (C=O) groups excluding carboxylic acids is 1. The molecule has 1 N–H and O–H groups in total. The molecule has 0 unspecified atom stereocenters. The SMILES string of the molecule is CCOc1cc2nc(CC3CCOCC3)cn2cc1NC(=O)c1cccc(C(F)F)n1. The average Bonchev–Trinajstić information content (AvgIpc) is 3.15. The van der Waals surface area contributed by atoms with Crippen molar-refractivity contribution in [3.05, 3.63) is 53.7 Å². The van der Waals surface area contributed by atoms with Crippen LogP contribution in [0.2, 0.25) is 0 Å². The van der Waals surface area contributed by atoms with Gasteiger partial charge in [-0.1, -0.05) is 6.07 Å². The predicted octanol–water partition coefficient (Wildman–Crippen LogP) is 4.29. The number of aromatic nitrogens is 3. The lowest BCUT2D eigenvalue weighted by atomic mass is 9.95. The number of alkyl halides is 2. The molecule has 0 saturated carbocycles. The Morgan fingerprint density at radius 3 is 2.84 bits per heavy atom. The summed E-state index contributed by atoms with van der Waals surface area (Å²) in [5.41, 5.74) is 1.55. The average molecular weight is 430 g/mol. The van der Waals surface area contributed by atoms with Crippen LogP contribution < -0.4 is 10.1 Å². The highest BCUT2D eigenvalue weighted by Crippen LogP contribution is 2.28. The first-order chi connectivity index (χ1) is 15.0. The van der Waals surface area contributed by atoms with Crippen LogP contribution >= 0.6 is 0 Å². The van der Waals surface area contributed by atoms with Crippen LogP contribution in [-0.2, 0) is 11.2 Å². The zero-order chi connectivity index (χ0) is 21.8. The number of nitrogens with zero attached hydrogens (tertiary/aromatic N) is 3. The zero-order valence-corrected chi connectivity index (χ0v) is 17.2. The van der Waals surface area contributed by atoms with Crippen LogP contribution in [-0.4, -0.2) is 40.1 Å². The minimum Gasteiger partial charge on any atom is -0.491 e. The quantitative estimate of drug-likeness (QED) is 0.605. The van der Waals surface area contributed by atoms with Gasteiger partial charge in [-0.2, -0.15) is 0 Å². The largest absolute Gasteiger partial charge is 0.491 e. The van der Waals surface area contributed by atoms with Crippen molar-refractivity contribution in [1.82, 2.24) is 14.4 Å². The number of imidazole rings is 1. The van der Waals surface area contributed by atoms with Crippen LogP contribution in [0.4, 0.5) is 14.5 Å². The van der Waals surface area contributed by atoms with Gasteiger partial charge in [-0.25, -0.2) is 18.7 Å². The monoisotopic (exact) mass is 430 g/mol. The molecule has 1 aliphatic heterocycles. The van der Waals surface area contributed by atoms with Gasteiger partial charge in [0.05, 0.1) is 12.3 Å². The Morgan fingerprint density at radius 2 is 2.10 bits per heavy atom. The van der Waals surface area contributed by atoms with Gasteiger partial charge < -0.3 is 19.2 Å². The summed E-state index contributed by atoms with van der Waals surface area (Å²) in [6, 6.07) is 5.72. The minimum atomic E-state index is -2.75. The molecule has 0 bridgehead atoms. The first-order valence-electron chi connectivity index (χ1n) is 10.3. The van der Waals surface area contributed by atoms with Crippen LogP contribution in [0.5, 0.6) is 5.75 Å². The Kier molecular flexibility index (Phi) is 6.41. The van der Waals surface area contributed by atoms with E-state index >= 15 is 0 Å². The molecule has 0 atom stereocenters. The van der Waals surface area contributed by atoms with Crippen LogP contribution in [0.25, 0.3) is 5.65 Å². The molecule has 4 rings (SSSR count). The first-order valence-corrected chi connectivity index (χ1v) is 10.3. The Balaban J connectivity index is 1.58. The van der Waals surface area contributed by atoms with Gasteiger partial charge in [-0.15, -0.1) is 0 Å². The van der Waals surface area contributed by atoms with Crippen LogP contribution in [0.3, 0.4) is 0 Å². The normalized spacial score (nSPS) is 14.8. The van der Waals surface area contributed by atoms with E-state index in [2.05, 4.69) is 10.3 Å². The second-order valence-electron chi connectivity index (χ2n) is 7.44. The van der Waals surface area contributed by atoms with Crippen LogP contribution in [0.15, 0.2) is 36.7 Å². The highest BCUT2D eigenvalue weighted by Gasteiger charge is 2.18. The van der Waals surface area contributed by atoms with Gasteiger partial charge in [0.2, 0.25) is 0 Å². The second kappa shape index (κ2) is 9.38. The van der Waals surface area contributed by atoms with Gasteiger partial charge in [0, 0.05) is 31.7 Å². The van der Waals surface area contributed by atoms with E-state index in [1.54, 1.807) is 12.3 Å². The summed E-state index contributed by atoms with van der Waals surface area (Å²) < 4.78 is 38.8. The third-order valence-electron chi connectivity index (χ3n) is 5.22. The zero-order valence-electron chi connectivity index (χ0n) is 17.2. The van der Waals surface area contributed by atoms with Crippen LogP contribution in [0.1, 0.15) is 48.1 Å². The summed E-state index contributed by atoms with van der Waals surface area (Å²) in [5.74, 6) is 0.402. The van der Waals surface area contributed by atoms with Crippen molar-refractivity contribution in [1.29, 1.82) is 0 Å². The fraction of sp³-hybridized carbons (Fsp3) is 0.409. The summed E-state index contributed by atoms with van der Waals surface area (Å²) in [4.78, 5) is 21.1. The molecule has 1 aliphatic rings. The highest BCUT2D eigenvalue weighted by atomic mass is 19.3. The van der Waals surface area contributed by atoms with E-state index in [9.17, 15) is 13.6 Å². The summed E-state index contributed by atoms with van der Waals surface area (Å²) >= 11 is 0. The Labute approximate surface area is 178 Å². The molecule has 3 aromatic rings. The number of carbonyl (C=O) groups is 1. The maximum atomic E-state index is 12.9.